The number of nitrogens with one attached hydrogen (secondary N) is 1. The summed E-state index contributed by atoms with van der Waals surface area (Å²) in [5, 5.41) is 3.81. The molecule has 0 bridgehead atoms. The Balaban J connectivity index is 2.20. The molecule has 2 aromatic rings. The Hall–Kier alpha value is -1.48. The van der Waals surface area contributed by atoms with Gasteiger partial charge in [0, 0.05) is 11.8 Å². The van der Waals surface area contributed by atoms with Gasteiger partial charge in [-0.3, -0.25) is 0 Å². The van der Waals surface area contributed by atoms with Crippen molar-refractivity contribution in [2.45, 2.75) is 26.8 Å². The first-order valence-electron chi connectivity index (χ1n) is 5.52. The quantitative estimate of drug-likeness (QED) is 0.833. The van der Waals surface area contributed by atoms with E-state index in [1.54, 1.807) is 6.20 Å². The van der Waals surface area contributed by atoms with Gasteiger partial charge in [0.1, 0.15) is 11.5 Å². The van der Waals surface area contributed by atoms with E-state index in [0.29, 0.717) is 5.15 Å². The molecule has 0 saturated carbocycles. The van der Waals surface area contributed by atoms with Gasteiger partial charge >= 0.3 is 0 Å². The molecular weight excluding hydrogens is 236 g/mol. The van der Waals surface area contributed by atoms with E-state index in [9.17, 15) is 0 Å². The van der Waals surface area contributed by atoms with Gasteiger partial charge in [-0.1, -0.05) is 11.6 Å². The normalized spacial score (nSPS) is 12.5. The molecule has 1 atom stereocenters. The van der Waals surface area contributed by atoms with E-state index in [4.69, 9.17) is 16.0 Å². The van der Waals surface area contributed by atoms with Crippen LogP contribution >= 0.6 is 11.6 Å². The molecule has 1 N–H and O–H groups in total. The Kier molecular flexibility index (Phi) is 3.38. The first kappa shape index (κ1) is 12.0. The zero-order valence-electron chi connectivity index (χ0n) is 10.1. The van der Waals surface area contributed by atoms with Crippen LogP contribution in [0.4, 0.5) is 5.69 Å². The lowest BCUT2D eigenvalue weighted by molar-refractivity contribution is 0.500. The molecule has 3 nitrogen and oxygen atoms in total. The summed E-state index contributed by atoms with van der Waals surface area (Å²) in [5.41, 5.74) is 1.97. The summed E-state index contributed by atoms with van der Waals surface area (Å²) in [6.45, 7) is 5.98. The third kappa shape index (κ3) is 2.61. The van der Waals surface area contributed by atoms with Crippen molar-refractivity contribution in [3.05, 3.63) is 46.6 Å². The highest BCUT2D eigenvalue weighted by Gasteiger charge is 2.13. The maximum absolute atomic E-state index is 6.00. The van der Waals surface area contributed by atoms with Crippen LogP contribution in [0.2, 0.25) is 5.15 Å². The van der Waals surface area contributed by atoms with Crippen molar-refractivity contribution in [1.82, 2.24) is 4.98 Å². The Morgan fingerprint density at radius 1 is 1.41 bits per heavy atom. The minimum Gasteiger partial charge on any atom is -0.466 e. The molecule has 4 heteroatoms. The summed E-state index contributed by atoms with van der Waals surface area (Å²) in [4.78, 5) is 4.03. The van der Waals surface area contributed by atoms with Crippen molar-refractivity contribution in [3.8, 4) is 0 Å². The van der Waals surface area contributed by atoms with Gasteiger partial charge in [-0.05, 0) is 39.0 Å². The Bertz CT molecular complexity index is 522. The number of nitrogens with zero attached hydrogens (tertiary/aromatic N) is 1. The van der Waals surface area contributed by atoms with Crippen LogP contribution in [0.5, 0.6) is 0 Å². The summed E-state index contributed by atoms with van der Waals surface area (Å²) in [6.07, 6.45) is 1.67. The number of anilines is 1. The molecular formula is C13H15ClN2O. The number of pyridine rings is 1. The van der Waals surface area contributed by atoms with Crippen molar-refractivity contribution >= 4 is 17.3 Å². The van der Waals surface area contributed by atoms with E-state index in [2.05, 4.69) is 17.2 Å². The van der Waals surface area contributed by atoms with E-state index < -0.39 is 0 Å². The lowest BCUT2D eigenvalue weighted by Crippen LogP contribution is -2.07. The van der Waals surface area contributed by atoms with E-state index in [1.165, 1.54) is 0 Å². The van der Waals surface area contributed by atoms with E-state index in [1.807, 2.05) is 32.0 Å². The SMILES string of the molecule is Cc1cc(C(C)Nc2cccnc2Cl)c(C)o1. The molecule has 0 aliphatic heterocycles. The molecule has 0 aromatic carbocycles. The molecule has 1 unspecified atom stereocenters. The molecule has 2 rings (SSSR count). The Morgan fingerprint density at radius 2 is 2.18 bits per heavy atom. The second-order valence-corrected chi connectivity index (χ2v) is 4.43. The molecule has 0 radical (unpaired) electrons. The molecule has 0 aliphatic rings. The Labute approximate surface area is 106 Å². The number of hydrogen-bond acceptors (Lipinski definition) is 3. The monoisotopic (exact) mass is 250 g/mol. The minimum atomic E-state index is 0.133. The topological polar surface area (TPSA) is 38.1 Å². The number of rotatable bonds is 3. The van der Waals surface area contributed by atoms with Gasteiger partial charge in [0.25, 0.3) is 0 Å². The number of halogens is 1. The third-order valence-corrected chi connectivity index (χ3v) is 2.98. The van der Waals surface area contributed by atoms with Crippen molar-refractivity contribution in [3.63, 3.8) is 0 Å². The Morgan fingerprint density at radius 3 is 2.76 bits per heavy atom. The van der Waals surface area contributed by atoms with Gasteiger partial charge < -0.3 is 9.73 Å². The fourth-order valence-corrected chi connectivity index (χ4v) is 2.06. The summed E-state index contributed by atoms with van der Waals surface area (Å²) in [6, 6.07) is 5.94. The standard InChI is InChI=1S/C13H15ClN2O/c1-8-7-11(10(3)17-8)9(2)16-12-5-4-6-15-13(12)14/h4-7,9,16H,1-3H3. The van der Waals surface area contributed by atoms with Crippen LogP contribution in [-0.2, 0) is 0 Å². The van der Waals surface area contributed by atoms with Crippen molar-refractivity contribution < 1.29 is 4.42 Å². The largest absolute Gasteiger partial charge is 0.466 e. The second-order valence-electron chi connectivity index (χ2n) is 4.08. The van der Waals surface area contributed by atoms with Gasteiger partial charge in [0.05, 0.1) is 11.7 Å². The number of aryl methyl sites for hydroxylation is 2. The molecule has 2 heterocycles. The maximum Gasteiger partial charge on any atom is 0.152 e. The molecule has 0 spiro atoms. The minimum absolute atomic E-state index is 0.133. The lowest BCUT2D eigenvalue weighted by atomic mass is 10.1. The lowest BCUT2D eigenvalue weighted by Gasteiger charge is -2.15. The zero-order chi connectivity index (χ0) is 12.4. The fourth-order valence-electron chi connectivity index (χ4n) is 1.89. The molecule has 0 fully saturated rings. The van der Waals surface area contributed by atoms with Gasteiger partial charge in [-0.2, -0.15) is 0 Å². The third-order valence-electron chi connectivity index (χ3n) is 2.68. The van der Waals surface area contributed by atoms with Crippen LogP contribution in [0, 0.1) is 13.8 Å². The first-order valence-corrected chi connectivity index (χ1v) is 5.89. The highest BCUT2D eigenvalue weighted by atomic mass is 35.5. The maximum atomic E-state index is 6.00. The van der Waals surface area contributed by atoms with Crippen LogP contribution in [0.1, 0.15) is 30.0 Å². The van der Waals surface area contributed by atoms with E-state index >= 15 is 0 Å². The second kappa shape index (κ2) is 4.80. The average Bonchev–Trinajstić information content (AvgIpc) is 2.61. The first-order chi connectivity index (χ1) is 8.08. The van der Waals surface area contributed by atoms with Gasteiger partial charge in [-0.15, -0.1) is 0 Å². The summed E-state index contributed by atoms with van der Waals surface area (Å²) in [7, 11) is 0. The molecule has 0 amide bonds. The van der Waals surface area contributed by atoms with Crippen molar-refractivity contribution in [2.24, 2.45) is 0 Å². The predicted molar refractivity (Wildman–Crippen MR) is 69.5 cm³/mol. The summed E-state index contributed by atoms with van der Waals surface area (Å²) >= 11 is 6.00. The van der Waals surface area contributed by atoms with Gasteiger partial charge in [0.2, 0.25) is 0 Å². The highest BCUT2D eigenvalue weighted by Crippen LogP contribution is 2.27. The van der Waals surface area contributed by atoms with Crippen LogP contribution in [-0.4, -0.2) is 4.98 Å². The average molecular weight is 251 g/mol. The van der Waals surface area contributed by atoms with Crippen LogP contribution in [0.25, 0.3) is 0 Å². The molecule has 17 heavy (non-hydrogen) atoms. The predicted octanol–water partition coefficient (Wildman–Crippen LogP) is 4.12. The zero-order valence-corrected chi connectivity index (χ0v) is 10.9. The van der Waals surface area contributed by atoms with E-state index in [0.717, 1.165) is 22.8 Å². The summed E-state index contributed by atoms with van der Waals surface area (Å²) in [5.74, 6) is 1.85. The number of furan rings is 1. The number of hydrogen-bond donors (Lipinski definition) is 1. The molecule has 90 valence electrons. The molecule has 0 saturated heterocycles. The highest BCUT2D eigenvalue weighted by molar-refractivity contribution is 6.31. The van der Waals surface area contributed by atoms with Crippen LogP contribution < -0.4 is 5.32 Å². The van der Waals surface area contributed by atoms with Gasteiger partial charge in [0.15, 0.2) is 5.15 Å². The number of aromatic nitrogens is 1. The van der Waals surface area contributed by atoms with Crippen molar-refractivity contribution in [2.75, 3.05) is 5.32 Å². The van der Waals surface area contributed by atoms with Crippen LogP contribution in [0.15, 0.2) is 28.8 Å². The van der Waals surface area contributed by atoms with Crippen LogP contribution in [0.3, 0.4) is 0 Å². The van der Waals surface area contributed by atoms with E-state index in [-0.39, 0.29) is 6.04 Å². The summed E-state index contributed by atoms with van der Waals surface area (Å²) < 4.78 is 5.51. The fraction of sp³-hybridized carbons (Fsp3) is 0.308. The molecule has 0 aliphatic carbocycles. The van der Waals surface area contributed by atoms with Gasteiger partial charge in [-0.25, -0.2) is 4.98 Å². The smallest absolute Gasteiger partial charge is 0.152 e. The van der Waals surface area contributed by atoms with Crippen molar-refractivity contribution in [1.29, 1.82) is 0 Å². The molecule has 2 aromatic heterocycles.